The first-order valence-electron chi connectivity index (χ1n) is 11.3. The van der Waals surface area contributed by atoms with Crippen molar-refractivity contribution in [3.63, 3.8) is 0 Å². The van der Waals surface area contributed by atoms with Crippen LogP contribution in [0, 0.1) is 17.6 Å². The average Bonchev–Trinajstić information content (AvgIpc) is 3.20. The van der Waals surface area contributed by atoms with Crippen molar-refractivity contribution >= 4 is 11.9 Å². The maximum Gasteiger partial charge on any atom is 0.256 e. The third-order valence-electron chi connectivity index (χ3n) is 6.20. The van der Waals surface area contributed by atoms with Crippen molar-refractivity contribution in [3.8, 4) is 0 Å². The molecule has 1 aliphatic heterocycles. The summed E-state index contributed by atoms with van der Waals surface area (Å²) in [4.78, 5) is 23.2. The van der Waals surface area contributed by atoms with Crippen molar-refractivity contribution in [2.75, 3.05) is 31.6 Å². The van der Waals surface area contributed by atoms with Gasteiger partial charge in [-0.15, -0.1) is 0 Å². The van der Waals surface area contributed by atoms with Crippen molar-refractivity contribution in [1.82, 2.24) is 20.3 Å². The van der Waals surface area contributed by atoms with E-state index < -0.39 is 11.6 Å². The Bertz CT molecular complexity index is 1010. The van der Waals surface area contributed by atoms with Gasteiger partial charge in [0.25, 0.3) is 5.91 Å². The number of hydrogen-bond acceptors (Lipinski definition) is 8. The van der Waals surface area contributed by atoms with E-state index in [9.17, 15) is 13.6 Å². The number of amides is 1. The molecule has 1 saturated heterocycles. The number of rotatable bonds is 8. The summed E-state index contributed by atoms with van der Waals surface area (Å²) >= 11 is 0. The normalized spacial score (nSPS) is 17.0. The number of fused-ring (bicyclic) bond motifs is 1. The van der Waals surface area contributed by atoms with E-state index in [4.69, 9.17) is 16.3 Å². The van der Waals surface area contributed by atoms with E-state index in [0.717, 1.165) is 24.0 Å². The van der Waals surface area contributed by atoms with Gasteiger partial charge in [-0.25, -0.2) is 18.7 Å². The average molecular weight is 474 g/mol. The number of nitrogens with one attached hydrogen (secondary N) is 2. The fourth-order valence-corrected chi connectivity index (χ4v) is 4.39. The molecule has 6 N–H and O–H groups in total. The van der Waals surface area contributed by atoms with Crippen molar-refractivity contribution in [2.24, 2.45) is 17.5 Å². The summed E-state index contributed by atoms with van der Waals surface area (Å²) in [6, 6.07) is 2.43. The molecule has 0 bridgehead atoms. The SMILES string of the molecule is NN/C=C(\N)COCC1CCN(C(=O)c2cnc(NC3Cc4cc(F)c(F)cc4C3)nc2)CC1. The second-order valence-electron chi connectivity index (χ2n) is 8.72. The number of halogens is 2. The predicted octanol–water partition coefficient (Wildman–Crippen LogP) is 1.47. The molecule has 11 heteroatoms. The molecule has 0 unspecified atom stereocenters. The van der Waals surface area contributed by atoms with Crippen molar-refractivity contribution in [2.45, 2.75) is 31.7 Å². The van der Waals surface area contributed by atoms with E-state index in [2.05, 4.69) is 20.7 Å². The number of carbonyl (C=O) groups excluding carboxylic acids is 1. The van der Waals surface area contributed by atoms with Gasteiger partial charge >= 0.3 is 0 Å². The number of anilines is 1. The lowest BCUT2D eigenvalue weighted by atomic mass is 9.97. The van der Waals surface area contributed by atoms with Crippen molar-refractivity contribution < 1.29 is 18.3 Å². The minimum atomic E-state index is -0.836. The van der Waals surface area contributed by atoms with Crippen LogP contribution in [0.1, 0.15) is 34.3 Å². The van der Waals surface area contributed by atoms with E-state index in [-0.39, 0.29) is 11.9 Å². The third-order valence-corrected chi connectivity index (χ3v) is 6.20. The Morgan fingerprint density at radius 2 is 1.76 bits per heavy atom. The Morgan fingerprint density at radius 1 is 1.15 bits per heavy atom. The summed E-state index contributed by atoms with van der Waals surface area (Å²) in [5.41, 5.74) is 10.6. The van der Waals surface area contributed by atoms with Crippen molar-refractivity contribution in [1.29, 1.82) is 0 Å². The summed E-state index contributed by atoms with van der Waals surface area (Å²) in [7, 11) is 0. The monoisotopic (exact) mass is 473 g/mol. The molecule has 4 rings (SSSR count). The Kier molecular flexibility index (Phi) is 7.53. The van der Waals surface area contributed by atoms with Gasteiger partial charge in [0.2, 0.25) is 5.95 Å². The molecule has 1 fully saturated rings. The largest absolute Gasteiger partial charge is 0.399 e. The van der Waals surface area contributed by atoms with Gasteiger partial charge in [0.15, 0.2) is 11.6 Å². The smallest absolute Gasteiger partial charge is 0.256 e. The minimum Gasteiger partial charge on any atom is -0.399 e. The number of hydrogen-bond donors (Lipinski definition) is 4. The van der Waals surface area contributed by atoms with Crippen molar-refractivity contribution in [3.05, 3.63) is 64.7 Å². The zero-order valence-electron chi connectivity index (χ0n) is 18.8. The van der Waals surface area contributed by atoms with Gasteiger partial charge in [0.1, 0.15) is 0 Å². The summed E-state index contributed by atoms with van der Waals surface area (Å²) in [6.45, 7) is 2.16. The summed E-state index contributed by atoms with van der Waals surface area (Å²) in [5, 5.41) is 3.18. The van der Waals surface area contributed by atoms with E-state index in [1.165, 1.54) is 30.7 Å². The van der Waals surface area contributed by atoms with Crippen LogP contribution in [0.25, 0.3) is 0 Å². The van der Waals surface area contributed by atoms with E-state index in [1.807, 2.05) is 0 Å². The van der Waals surface area contributed by atoms with Gasteiger partial charge in [-0.05, 0) is 54.9 Å². The molecule has 2 aromatic rings. The number of benzene rings is 1. The minimum absolute atomic E-state index is 0.0589. The van der Waals surface area contributed by atoms with Crippen LogP contribution < -0.4 is 22.3 Å². The van der Waals surface area contributed by atoms with E-state index in [0.29, 0.717) is 62.3 Å². The van der Waals surface area contributed by atoms with Gasteiger partial charge in [0.05, 0.1) is 24.5 Å². The molecule has 0 saturated carbocycles. The topological polar surface area (TPSA) is 131 Å². The highest BCUT2D eigenvalue weighted by Crippen LogP contribution is 2.26. The third kappa shape index (κ3) is 5.78. The van der Waals surface area contributed by atoms with Gasteiger partial charge < -0.3 is 26.1 Å². The molecule has 2 aliphatic rings. The highest BCUT2D eigenvalue weighted by atomic mass is 19.2. The number of carbonyl (C=O) groups is 1. The first-order chi connectivity index (χ1) is 16.4. The van der Waals surface area contributed by atoms with Gasteiger partial charge in [0, 0.05) is 37.7 Å². The fourth-order valence-electron chi connectivity index (χ4n) is 4.39. The number of nitrogens with zero attached hydrogens (tertiary/aromatic N) is 3. The quantitative estimate of drug-likeness (QED) is 0.335. The lowest BCUT2D eigenvalue weighted by molar-refractivity contribution is 0.0564. The van der Waals surface area contributed by atoms with Crippen LogP contribution in [0.3, 0.4) is 0 Å². The molecule has 1 aliphatic carbocycles. The van der Waals surface area contributed by atoms with Gasteiger partial charge in [-0.3, -0.25) is 10.6 Å². The number of nitrogens with two attached hydrogens (primary N) is 2. The highest BCUT2D eigenvalue weighted by Gasteiger charge is 2.26. The molecule has 182 valence electrons. The second-order valence-corrected chi connectivity index (χ2v) is 8.72. The first-order valence-corrected chi connectivity index (χ1v) is 11.3. The van der Waals surface area contributed by atoms with Crippen LogP contribution in [-0.2, 0) is 17.6 Å². The van der Waals surface area contributed by atoms with Crippen LogP contribution in [0.15, 0.2) is 36.4 Å². The standard InChI is InChI=1S/C23H29F2N7O2/c24-20-7-15-5-19(6-16(15)8-21(20)25)31-23-28-9-17(10-29-23)22(33)32-3-1-14(2-4-32)12-34-13-18(26)11-30-27/h7-11,14,19,30H,1-6,12-13,26-27H2,(H,28,29,31)/b18-11-. The zero-order valence-corrected chi connectivity index (χ0v) is 18.8. The summed E-state index contributed by atoms with van der Waals surface area (Å²) in [5.74, 6) is 4.14. The molecule has 0 atom stereocenters. The van der Waals surface area contributed by atoms with Crippen LogP contribution in [0.2, 0.25) is 0 Å². The molecule has 0 spiro atoms. The molecule has 9 nitrogen and oxygen atoms in total. The lowest BCUT2D eigenvalue weighted by Crippen LogP contribution is -2.39. The Hall–Kier alpha value is -3.31. The first kappa shape index (κ1) is 23.8. The molecule has 1 amide bonds. The molecule has 2 heterocycles. The maximum atomic E-state index is 13.5. The molecule has 1 aromatic carbocycles. The van der Waals surface area contributed by atoms with Gasteiger partial charge in [-0.1, -0.05) is 0 Å². The van der Waals surface area contributed by atoms with Gasteiger partial charge in [-0.2, -0.15) is 0 Å². The van der Waals surface area contributed by atoms with Crippen LogP contribution in [0.5, 0.6) is 0 Å². The predicted molar refractivity (Wildman–Crippen MR) is 122 cm³/mol. The summed E-state index contributed by atoms with van der Waals surface area (Å²) in [6.07, 6.45) is 7.30. The number of hydrazine groups is 1. The number of aromatic nitrogens is 2. The highest BCUT2D eigenvalue weighted by molar-refractivity contribution is 5.93. The number of likely N-dealkylation sites (tertiary alicyclic amines) is 1. The van der Waals surface area contributed by atoms with Crippen LogP contribution in [0.4, 0.5) is 14.7 Å². The molecular weight excluding hydrogens is 444 g/mol. The summed E-state index contributed by atoms with van der Waals surface area (Å²) < 4.78 is 32.5. The number of piperidine rings is 1. The molecule has 34 heavy (non-hydrogen) atoms. The Morgan fingerprint density at radius 3 is 2.35 bits per heavy atom. The Balaban J connectivity index is 1.23. The maximum absolute atomic E-state index is 13.5. The number of ether oxygens (including phenoxy) is 1. The van der Waals surface area contributed by atoms with E-state index in [1.54, 1.807) is 4.90 Å². The second kappa shape index (κ2) is 10.7. The molecule has 0 radical (unpaired) electrons. The molecule has 1 aromatic heterocycles. The van der Waals surface area contributed by atoms with E-state index >= 15 is 0 Å². The zero-order chi connectivity index (χ0) is 24.1. The molecular formula is C23H29F2N7O2. The van der Waals surface area contributed by atoms with Crippen LogP contribution in [-0.4, -0.2) is 53.1 Å². The fraction of sp³-hybridized carbons (Fsp3) is 0.435. The Labute approximate surface area is 196 Å². The van der Waals surface area contributed by atoms with Crippen LogP contribution >= 0.6 is 0 Å². The lowest BCUT2D eigenvalue weighted by Gasteiger charge is -2.31.